The van der Waals surface area contributed by atoms with Crippen LogP contribution in [0.4, 0.5) is 10.2 Å². The van der Waals surface area contributed by atoms with Crippen LogP contribution in [0.3, 0.4) is 0 Å². The second-order valence-electron chi connectivity index (χ2n) is 3.87. The van der Waals surface area contributed by atoms with Gasteiger partial charge in [-0.25, -0.2) is 14.2 Å². The van der Waals surface area contributed by atoms with Gasteiger partial charge in [-0.05, 0) is 19.9 Å². The van der Waals surface area contributed by atoms with Crippen molar-refractivity contribution < 1.29 is 14.3 Å². The molecule has 96 valence electrons. The summed E-state index contributed by atoms with van der Waals surface area (Å²) in [5, 5.41) is 17.6. The van der Waals surface area contributed by atoms with Crippen LogP contribution in [0.25, 0.3) is 0 Å². The number of aromatic nitrogens is 1. The summed E-state index contributed by atoms with van der Waals surface area (Å²) >= 11 is 0. The molecule has 0 aliphatic rings. The average Bonchev–Trinajstić information content (AvgIpc) is 2.35. The smallest absolute Gasteiger partial charge is 0.338 e. The number of aromatic carboxylic acids is 1. The highest BCUT2D eigenvalue weighted by molar-refractivity contribution is 5.88. The van der Waals surface area contributed by atoms with Gasteiger partial charge in [-0.15, -0.1) is 0 Å². The first-order chi connectivity index (χ1) is 8.51. The number of hydrogen-bond acceptors (Lipinski definition) is 4. The Morgan fingerprint density at radius 2 is 2.39 bits per heavy atom. The van der Waals surface area contributed by atoms with Gasteiger partial charge in [0.1, 0.15) is 5.56 Å². The van der Waals surface area contributed by atoms with Crippen molar-refractivity contribution in [1.82, 2.24) is 4.98 Å². The summed E-state index contributed by atoms with van der Waals surface area (Å²) < 4.78 is 13.9. The van der Waals surface area contributed by atoms with Crippen molar-refractivity contribution in [3.05, 3.63) is 23.6 Å². The van der Waals surface area contributed by atoms with Gasteiger partial charge >= 0.3 is 5.97 Å². The Labute approximate surface area is 104 Å². The summed E-state index contributed by atoms with van der Waals surface area (Å²) in [5.74, 6) is -2.52. The summed E-state index contributed by atoms with van der Waals surface area (Å²) in [6.45, 7) is 4.25. The number of halogens is 1. The Bertz CT molecular complexity index is 485. The zero-order valence-corrected chi connectivity index (χ0v) is 10.2. The summed E-state index contributed by atoms with van der Waals surface area (Å²) in [5.41, 5.74) is -0.414. The third-order valence-corrected chi connectivity index (χ3v) is 2.50. The molecule has 0 spiro atoms. The van der Waals surface area contributed by atoms with Crippen LogP contribution in [0.15, 0.2) is 12.3 Å². The van der Waals surface area contributed by atoms with Crippen LogP contribution in [-0.4, -0.2) is 29.1 Å². The van der Waals surface area contributed by atoms with Crippen molar-refractivity contribution in [2.45, 2.75) is 13.8 Å². The van der Waals surface area contributed by atoms with E-state index in [1.54, 1.807) is 18.7 Å². The molecule has 1 atom stereocenters. The number of carboxylic acids is 1. The number of pyridine rings is 1. The fraction of sp³-hybridized carbons (Fsp3) is 0.417. The molecule has 18 heavy (non-hydrogen) atoms. The standard InChI is InChI=1S/C12H14FN3O2/c1-3-16(7-8(2)6-14)11-10(13)9(12(17)18)4-5-15-11/h4-5,8H,3,7H2,1-2H3,(H,17,18). The molecule has 0 aliphatic heterocycles. The lowest BCUT2D eigenvalue weighted by Gasteiger charge is -2.23. The maximum atomic E-state index is 13.9. The van der Waals surface area contributed by atoms with Crippen LogP contribution in [0.1, 0.15) is 24.2 Å². The maximum Gasteiger partial charge on any atom is 0.338 e. The van der Waals surface area contributed by atoms with Crippen LogP contribution < -0.4 is 4.90 Å². The minimum atomic E-state index is -1.33. The highest BCUT2D eigenvalue weighted by Crippen LogP contribution is 2.20. The zero-order valence-electron chi connectivity index (χ0n) is 10.2. The molecule has 1 unspecified atom stereocenters. The Balaban J connectivity index is 3.11. The van der Waals surface area contributed by atoms with Crippen LogP contribution in [0.5, 0.6) is 0 Å². The second-order valence-corrected chi connectivity index (χ2v) is 3.87. The molecule has 1 heterocycles. The molecule has 0 aliphatic carbocycles. The fourth-order valence-corrected chi connectivity index (χ4v) is 1.56. The van der Waals surface area contributed by atoms with Gasteiger partial charge in [0.2, 0.25) is 0 Å². The largest absolute Gasteiger partial charge is 0.478 e. The number of carbonyl (C=O) groups is 1. The molecule has 1 rings (SSSR count). The third kappa shape index (κ3) is 2.94. The second kappa shape index (κ2) is 5.96. The van der Waals surface area contributed by atoms with Crippen LogP contribution in [-0.2, 0) is 0 Å². The van der Waals surface area contributed by atoms with E-state index in [0.717, 1.165) is 6.07 Å². The van der Waals surface area contributed by atoms with Crippen LogP contribution in [0.2, 0.25) is 0 Å². The molecule has 5 nitrogen and oxygen atoms in total. The predicted octanol–water partition coefficient (Wildman–Crippen LogP) is 1.90. The third-order valence-electron chi connectivity index (χ3n) is 2.50. The molecule has 0 saturated carbocycles. The number of nitriles is 1. The fourth-order valence-electron chi connectivity index (χ4n) is 1.56. The Morgan fingerprint density at radius 1 is 1.72 bits per heavy atom. The lowest BCUT2D eigenvalue weighted by molar-refractivity contribution is 0.0691. The highest BCUT2D eigenvalue weighted by atomic mass is 19.1. The molecule has 0 radical (unpaired) electrons. The van der Waals surface area contributed by atoms with Crippen molar-refractivity contribution in [2.75, 3.05) is 18.0 Å². The van der Waals surface area contributed by atoms with E-state index in [9.17, 15) is 9.18 Å². The summed E-state index contributed by atoms with van der Waals surface area (Å²) in [7, 11) is 0. The lowest BCUT2D eigenvalue weighted by Crippen LogP contribution is -2.30. The molecule has 1 N–H and O–H groups in total. The SMILES string of the molecule is CCN(CC(C)C#N)c1nccc(C(=O)O)c1F. The van der Waals surface area contributed by atoms with Gasteiger partial charge in [0.15, 0.2) is 11.6 Å². The van der Waals surface area contributed by atoms with E-state index in [4.69, 9.17) is 10.4 Å². The minimum absolute atomic E-state index is 0.0282. The minimum Gasteiger partial charge on any atom is -0.478 e. The topological polar surface area (TPSA) is 77.2 Å². The molecule has 1 aromatic heterocycles. The van der Waals surface area contributed by atoms with E-state index >= 15 is 0 Å². The quantitative estimate of drug-likeness (QED) is 0.864. The number of rotatable bonds is 5. The first-order valence-electron chi connectivity index (χ1n) is 5.53. The average molecular weight is 251 g/mol. The monoisotopic (exact) mass is 251 g/mol. The Morgan fingerprint density at radius 3 is 2.89 bits per heavy atom. The van der Waals surface area contributed by atoms with E-state index in [1.165, 1.54) is 6.20 Å². The van der Waals surface area contributed by atoms with E-state index < -0.39 is 17.3 Å². The summed E-state index contributed by atoms with van der Waals surface area (Å²) in [6.07, 6.45) is 1.25. The van der Waals surface area contributed by atoms with Gasteiger partial charge in [0.25, 0.3) is 0 Å². The molecule has 0 aromatic carbocycles. The van der Waals surface area contributed by atoms with E-state index in [1.807, 2.05) is 6.07 Å². The Kier molecular flexibility index (Phi) is 4.60. The molecule has 0 bridgehead atoms. The number of carboxylic acid groups (broad SMARTS) is 1. The molecule has 0 amide bonds. The van der Waals surface area contributed by atoms with Crippen molar-refractivity contribution >= 4 is 11.8 Å². The number of nitrogens with zero attached hydrogens (tertiary/aromatic N) is 3. The van der Waals surface area contributed by atoms with Gasteiger partial charge in [-0.2, -0.15) is 5.26 Å². The zero-order chi connectivity index (χ0) is 13.7. The first-order valence-corrected chi connectivity index (χ1v) is 5.53. The van der Waals surface area contributed by atoms with Crippen molar-refractivity contribution in [2.24, 2.45) is 5.92 Å². The van der Waals surface area contributed by atoms with Crippen LogP contribution in [0, 0.1) is 23.1 Å². The molecule has 1 aromatic rings. The van der Waals surface area contributed by atoms with Gasteiger partial charge < -0.3 is 10.0 Å². The normalized spacial score (nSPS) is 11.7. The molecule has 6 heteroatoms. The van der Waals surface area contributed by atoms with E-state index in [-0.39, 0.29) is 11.7 Å². The lowest BCUT2D eigenvalue weighted by atomic mass is 10.2. The van der Waals surface area contributed by atoms with Crippen molar-refractivity contribution in [3.8, 4) is 6.07 Å². The molecular weight excluding hydrogens is 237 g/mol. The van der Waals surface area contributed by atoms with Crippen LogP contribution >= 0.6 is 0 Å². The van der Waals surface area contributed by atoms with Crippen molar-refractivity contribution in [1.29, 1.82) is 5.26 Å². The predicted molar refractivity (Wildman–Crippen MR) is 63.8 cm³/mol. The van der Waals surface area contributed by atoms with Crippen molar-refractivity contribution in [3.63, 3.8) is 0 Å². The summed E-state index contributed by atoms with van der Waals surface area (Å²) in [4.78, 5) is 16.2. The summed E-state index contributed by atoms with van der Waals surface area (Å²) in [6, 6.07) is 3.16. The molecular formula is C12H14FN3O2. The number of hydrogen-bond donors (Lipinski definition) is 1. The molecule has 0 saturated heterocycles. The van der Waals surface area contributed by atoms with E-state index in [2.05, 4.69) is 4.98 Å². The Hall–Kier alpha value is -2.16. The molecule has 0 fully saturated rings. The maximum absolute atomic E-state index is 13.9. The van der Waals surface area contributed by atoms with Gasteiger partial charge in [0, 0.05) is 19.3 Å². The first kappa shape index (κ1) is 13.9. The van der Waals surface area contributed by atoms with E-state index in [0.29, 0.717) is 13.1 Å². The van der Waals surface area contributed by atoms with Gasteiger partial charge in [-0.1, -0.05) is 0 Å². The highest BCUT2D eigenvalue weighted by Gasteiger charge is 2.20. The number of anilines is 1. The van der Waals surface area contributed by atoms with Gasteiger partial charge in [-0.3, -0.25) is 0 Å². The van der Waals surface area contributed by atoms with Gasteiger partial charge in [0.05, 0.1) is 12.0 Å².